The minimum atomic E-state index is 0.00681. The van der Waals surface area contributed by atoms with Crippen LogP contribution in [0.2, 0.25) is 0 Å². The lowest BCUT2D eigenvalue weighted by Crippen LogP contribution is -2.18. The summed E-state index contributed by atoms with van der Waals surface area (Å²) >= 11 is 0. The maximum absolute atomic E-state index is 13.4. The topological polar surface area (TPSA) is 37.8 Å². The number of pyridine rings is 1. The minimum absolute atomic E-state index is 0.00681. The Balaban J connectivity index is 2.11. The van der Waals surface area contributed by atoms with Crippen LogP contribution in [0.1, 0.15) is 0 Å². The van der Waals surface area contributed by atoms with Gasteiger partial charge in [-0.05, 0) is 24.3 Å². The first kappa shape index (κ1) is 13.1. The fraction of sp³-hybridized carbons (Fsp3) is 0. The first-order valence-corrected chi connectivity index (χ1v) is 7.94. The van der Waals surface area contributed by atoms with Crippen LogP contribution in [0.3, 0.4) is 0 Å². The van der Waals surface area contributed by atoms with Gasteiger partial charge in [-0.1, -0.05) is 54.6 Å². The molecule has 3 aromatic carbocycles. The molecule has 5 rings (SSSR count). The summed E-state index contributed by atoms with van der Waals surface area (Å²) in [7, 11) is 0. The smallest absolute Gasteiger partial charge is 0.265 e. The summed E-state index contributed by atoms with van der Waals surface area (Å²) in [6.45, 7) is 0. The summed E-state index contributed by atoms with van der Waals surface area (Å²) < 4.78 is 1.80. The molecule has 0 amide bonds. The van der Waals surface area contributed by atoms with Crippen LogP contribution in [0.25, 0.3) is 38.4 Å². The molecule has 0 saturated heterocycles. The monoisotopic (exact) mass is 310 g/mol. The molecule has 0 fully saturated rings. The molecule has 0 atom stereocenters. The molecule has 24 heavy (non-hydrogen) atoms. The second kappa shape index (κ2) is 4.83. The lowest BCUT2D eigenvalue weighted by molar-refractivity contribution is 1.06. The van der Waals surface area contributed by atoms with Crippen LogP contribution in [0, 0.1) is 0 Å². The van der Waals surface area contributed by atoms with Crippen LogP contribution in [0.5, 0.6) is 0 Å². The number of hydrogen-bond donors (Lipinski definition) is 1. The molecule has 0 aliphatic rings. The predicted octanol–water partition coefficient (Wildman–Crippen LogP) is 4.63. The molecule has 0 aliphatic heterocycles. The summed E-state index contributed by atoms with van der Waals surface area (Å²) in [5.41, 5.74) is 3.69. The molecule has 2 heterocycles. The zero-order chi connectivity index (χ0) is 16.1. The number of H-pyrrole nitrogens is 1. The van der Waals surface area contributed by atoms with Crippen molar-refractivity contribution < 1.29 is 0 Å². The van der Waals surface area contributed by atoms with Crippen molar-refractivity contribution in [3.8, 4) is 5.69 Å². The van der Waals surface area contributed by atoms with E-state index in [1.807, 2.05) is 72.8 Å². The maximum Gasteiger partial charge on any atom is 0.265 e. The Hall–Kier alpha value is -3.33. The van der Waals surface area contributed by atoms with E-state index in [1.54, 1.807) is 4.57 Å². The fourth-order valence-corrected chi connectivity index (χ4v) is 3.50. The Morgan fingerprint density at radius 3 is 2.21 bits per heavy atom. The van der Waals surface area contributed by atoms with Crippen LogP contribution in [0.4, 0.5) is 0 Å². The summed E-state index contributed by atoms with van der Waals surface area (Å²) in [4.78, 5) is 16.8. The third-order valence-corrected chi connectivity index (χ3v) is 4.55. The SMILES string of the molecule is O=c1c2c3ccccc3[nH]c2c2ccccc2n1-c1ccccc1. The molecule has 114 valence electrons. The molecule has 3 heteroatoms. The molecule has 0 spiro atoms. The number of para-hydroxylation sites is 3. The van der Waals surface area contributed by atoms with E-state index in [4.69, 9.17) is 0 Å². The first-order chi connectivity index (χ1) is 11.8. The highest BCUT2D eigenvalue weighted by Gasteiger charge is 2.15. The zero-order valence-electron chi connectivity index (χ0n) is 12.9. The van der Waals surface area contributed by atoms with Crippen molar-refractivity contribution in [1.82, 2.24) is 9.55 Å². The van der Waals surface area contributed by atoms with E-state index in [0.717, 1.165) is 38.4 Å². The lowest BCUT2D eigenvalue weighted by Gasteiger charge is -2.11. The van der Waals surface area contributed by atoms with Crippen molar-refractivity contribution in [3.05, 3.63) is 89.2 Å². The number of aromatic amines is 1. The van der Waals surface area contributed by atoms with Crippen molar-refractivity contribution >= 4 is 32.7 Å². The van der Waals surface area contributed by atoms with Crippen molar-refractivity contribution in [2.24, 2.45) is 0 Å². The average Bonchev–Trinajstić information content (AvgIpc) is 3.03. The highest BCUT2D eigenvalue weighted by molar-refractivity contribution is 6.16. The molecular weight excluding hydrogens is 296 g/mol. The Kier molecular flexibility index (Phi) is 2.65. The van der Waals surface area contributed by atoms with Gasteiger partial charge in [0.05, 0.1) is 16.4 Å². The number of aromatic nitrogens is 2. The van der Waals surface area contributed by atoms with Crippen molar-refractivity contribution in [2.75, 3.05) is 0 Å². The summed E-state index contributed by atoms with van der Waals surface area (Å²) in [5, 5.41) is 2.76. The van der Waals surface area contributed by atoms with Crippen LogP contribution in [-0.2, 0) is 0 Å². The van der Waals surface area contributed by atoms with E-state index in [0.29, 0.717) is 0 Å². The molecule has 0 unspecified atom stereocenters. The molecule has 0 radical (unpaired) electrons. The Labute approximate surface area is 137 Å². The second-order valence-corrected chi connectivity index (χ2v) is 5.91. The van der Waals surface area contributed by atoms with Gasteiger partial charge in [0.15, 0.2) is 0 Å². The number of fused-ring (bicyclic) bond motifs is 5. The van der Waals surface area contributed by atoms with Gasteiger partial charge >= 0.3 is 0 Å². The summed E-state index contributed by atoms with van der Waals surface area (Å²) in [6, 6.07) is 25.8. The van der Waals surface area contributed by atoms with Gasteiger partial charge in [0, 0.05) is 22.0 Å². The molecule has 1 N–H and O–H groups in total. The van der Waals surface area contributed by atoms with Gasteiger partial charge in [-0.3, -0.25) is 9.36 Å². The standard InChI is InChI=1S/C21H14N2O/c24-21-19-15-10-4-6-12-17(15)22-20(19)16-11-5-7-13-18(16)23(21)14-8-2-1-3-9-14/h1-13,22H. The molecule has 0 saturated carbocycles. The average molecular weight is 310 g/mol. The van der Waals surface area contributed by atoms with Crippen molar-refractivity contribution in [2.45, 2.75) is 0 Å². The van der Waals surface area contributed by atoms with Gasteiger partial charge in [-0.15, -0.1) is 0 Å². The number of rotatable bonds is 1. The van der Waals surface area contributed by atoms with Crippen molar-refractivity contribution in [3.63, 3.8) is 0 Å². The van der Waals surface area contributed by atoms with E-state index in [-0.39, 0.29) is 5.56 Å². The van der Waals surface area contributed by atoms with Crippen LogP contribution in [0.15, 0.2) is 83.7 Å². The van der Waals surface area contributed by atoms with E-state index in [2.05, 4.69) is 11.1 Å². The Bertz CT molecular complexity index is 1260. The summed E-state index contributed by atoms with van der Waals surface area (Å²) in [6.07, 6.45) is 0. The third-order valence-electron chi connectivity index (χ3n) is 4.55. The van der Waals surface area contributed by atoms with Gasteiger partial charge in [0.25, 0.3) is 5.56 Å². The molecule has 3 nitrogen and oxygen atoms in total. The summed E-state index contributed by atoms with van der Waals surface area (Å²) in [5.74, 6) is 0. The Morgan fingerprint density at radius 2 is 1.38 bits per heavy atom. The van der Waals surface area contributed by atoms with E-state index >= 15 is 0 Å². The third kappa shape index (κ3) is 1.69. The highest BCUT2D eigenvalue weighted by atomic mass is 16.1. The number of nitrogens with one attached hydrogen (secondary N) is 1. The van der Waals surface area contributed by atoms with E-state index in [1.165, 1.54) is 0 Å². The molecule has 0 bridgehead atoms. The van der Waals surface area contributed by atoms with Gasteiger partial charge < -0.3 is 4.98 Å². The fourth-order valence-electron chi connectivity index (χ4n) is 3.50. The van der Waals surface area contributed by atoms with Crippen LogP contribution in [-0.4, -0.2) is 9.55 Å². The zero-order valence-corrected chi connectivity index (χ0v) is 12.9. The normalized spacial score (nSPS) is 11.5. The van der Waals surface area contributed by atoms with Crippen LogP contribution < -0.4 is 5.56 Å². The molecule has 5 aromatic rings. The minimum Gasteiger partial charge on any atom is -0.354 e. The molecular formula is C21H14N2O. The van der Waals surface area contributed by atoms with Gasteiger partial charge in [0.2, 0.25) is 0 Å². The second-order valence-electron chi connectivity index (χ2n) is 5.91. The predicted molar refractivity (Wildman–Crippen MR) is 98.9 cm³/mol. The first-order valence-electron chi connectivity index (χ1n) is 7.94. The molecule has 2 aromatic heterocycles. The van der Waals surface area contributed by atoms with Gasteiger partial charge in [-0.25, -0.2) is 0 Å². The number of hydrogen-bond acceptors (Lipinski definition) is 1. The number of nitrogens with zero attached hydrogens (tertiary/aromatic N) is 1. The quantitative estimate of drug-likeness (QED) is 0.482. The van der Waals surface area contributed by atoms with Crippen molar-refractivity contribution in [1.29, 1.82) is 0 Å². The van der Waals surface area contributed by atoms with Gasteiger partial charge in [-0.2, -0.15) is 0 Å². The Morgan fingerprint density at radius 1 is 0.708 bits per heavy atom. The van der Waals surface area contributed by atoms with Gasteiger partial charge in [0.1, 0.15) is 0 Å². The van der Waals surface area contributed by atoms with E-state index < -0.39 is 0 Å². The van der Waals surface area contributed by atoms with Crippen LogP contribution >= 0.6 is 0 Å². The number of benzene rings is 3. The maximum atomic E-state index is 13.4. The highest BCUT2D eigenvalue weighted by Crippen LogP contribution is 2.29. The molecule has 0 aliphatic carbocycles. The lowest BCUT2D eigenvalue weighted by atomic mass is 10.1. The largest absolute Gasteiger partial charge is 0.354 e. The van der Waals surface area contributed by atoms with E-state index in [9.17, 15) is 4.79 Å².